The molecule has 14 aromatic rings. The van der Waals surface area contributed by atoms with Crippen LogP contribution in [0.15, 0.2) is 199 Å². The minimum atomic E-state index is 0.616. The average molecular weight is 821 g/mol. The summed E-state index contributed by atoms with van der Waals surface area (Å²) in [4.78, 5) is 15.6. The van der Waals surface area contributed by atoms with Gasteiger partial charge in [0, 0.05) is 53.0 Å². The van der Waals surface area contributed by atoms with Crippen LogP contribution in [0.2, 0.25) is 0 Å². The van der Waals surface area contributed by atoms with Crippen molar-refractivity contribution in [1.82, 2.24) is 19.5 Å². The number of hydrogen-bond acceptors (Lipinski definition) is 5. The number of hydrogen-bond donors (Lipinski definition) is 0. The molecule has 0 aliphatic heterocycles. The van der Waals surface area contributed by atoms with Crippen LogP contribution in [0.4, 0.5) is 0 Å². The third-order valence-corrected chi connectivity index (χ3v) is 14.0. The van der Waals surface area contributed by atoms with Crippen molar-refractivity contribution in [1.29, 1.82) is 0 Å². The van der Waals surface area contributed by atoms with E-state index in [1.54, 1.807) is 11.3 Å². The van der Waals surface area contributed by atoms with E-state index in [2.05, 4.69) is 180 Å². The van der Waals surface area contributed by atoms with E-state index in [1.165, 1.54) is 52.5 Å². The maximum absolute atomic E-state index is 6.78. The van der Waals surface area contributed by atoms with Gasteiger partial charge in [-0.15, -0.1) is 11.3 Å². The van der Waals surface area contributed by atoms with Crippen LogP contribution in [0.5, 0.6) is 0 Å². The maximum atomic E-state index is 6.78. The quantitative estimate of drug-likeness (QED) is 0.177. The molecule has 5 nitrogen and oxygen atoms in total. The number of thiophene rings is 1. The summed E-state index contributed by atoms with van der Waals surface area (Å²) < 4.78 is 11.6. The first-order chi connectivity index (χ1) is 31.2. The van der Waals surface area contributed by atoms with Crippen LogP contribution in [-0.4, -0.2) is 19.5 Å². The largest absolute Gasteiger partial charge is 0.456 e. The van der Waals surface area contributed by atoms with Gasteiger partial charge in [-0.05, 0) is 86.9 Å². The summed E-state index contributed by atoms with van der Waals surface area (Å²) in [6, 6.07) is 69.1. The fraction of sp³-hybridized carbons (Fsp3) is 0. The van der Waals surface area contributed by atoms with Crippen molar-refractivity contribution >= 4 is 108 Å². The van der Waals surface area contributed by atoms with Crippen LogP contribution >= 0.6 is 11.3 Å². The number of aromatic nitrogens is 4. The molecule has 0 atom stereocenters. The standard InChI is InChI=1S/C57H32N4OS/c1-2-13-35(14-3-1)55-58-56(60-57(59-55)42-20-10-19-41-40-18-8-9-23-50(40)63-54(41)42)38-25-24-34-27-29-49-52(43(34)31-38)53-45(21-11-22-48(53)62-49)61-46-28-26-33-12-6-7-17-39(33)51(46)44-30-36-15-4-5-16-37(36)32-47(44)61/h1-32H. The van der Waals surface area contributed by atoms with E-state index in [4.69, 9.17) is 19.4 Å². The summed E-state index contributed by atoms with van der Waals surface area (Å²) in [5.41, 5.74) is 7.88. The molecule has 0 radical (unpaired) electrons. The lowest BCUT2D eigenvalue weighted by Gasteiger charge is -2.12. The normalized spacial score (nSPS) is 12.1. The van der Waals surface area contributed by atoms with Gasteiger partial charge in [-0.25, -0.2) is 15.0 Å². The molecule has 14 rings (SSSR count). The van der Waals surface area contributed by atoms with Gasteiger partial charge in [-0.3, -0.25) is 0 Å². The highest BCUT2D eigenvalue weighted by Crippen LogP contribution is 2.45. The maximum Gasteiger partial charge on any atom is 0.165 e. The van der Waals surface area contributed by atoms with E-state index in [0.29, 0.717) is 17.5 Å². The van der Waals surface area contributed by atoms with Gasteiger partial charge in [0.15, 0.2) is 17.5 Å². The predicted octanol–water partition coefficient (Wildman–Crippen LogP) is 15.7. The van der Waals surface area contributed by atoms with Crippen molar-refractivity contribution in [2.75, 3.05) is 0 Å². The molecule has 4 aromatic heterocycles. The molecule has 0 unspecified atom stereocenters. The van der Waals surface area contributed by atoms with Gasteiger partial charge in [0.05, 0.1) is 22.1 Å². The summed E-state index contributed by atoms with van der Waals surface area (Å²) >= 11 is 1.78. The van der Waals surface area contributed by atoms with Crippen molar-refractivity contribution < 1.29 is 4.42 Å². The SMILES string of the molecule is c1ccc(-c2nc(-c3ccc4ccc5oc6cccc(-n7c8cc9ccccc9cc8c8c9ccccc9ccc87)c6c5c4c3)nc(-c3cccc4c3sc3ccccc34)n2)cc1. The lowest BCUT2D eigenvalue weighted by Crippen LogP contribution is -2.00. The van der Waals surface area contributed by atoms with Gasteiger partial charge in [0.25, 0.3) is 0 Å². The molecule has 0 saturated heterocycles. The first-order valence-electron chi connectivity index (χ1n) is 21.2. The zero-order valence-electron chi connectivity index (χ0n) is 33.6. The molecule has 0 amide bonds. The molecule has 0 bridgehead atoms. The molecular formula is C57H32N4OS. The van der Waals surface area contributed by atoms with Crippen molar-refractivity contribution in [2.45, 2.75) is 0 Å². The zero-order chi connectivity index (χ0) is 41.2. The number of fused-ring (bicyclic) bond motifs is 14. The van der Waals surface area contributed by atoms with E-state index < -0.39 is 0 Å². The molecule has 0 saturated carbocycles. The Hall–Kier alpha value is -8.19. The van der Waals surface area contributed by atoms with Crippen LogP contribution < -0.4 is 0 Å². The van der Waals surface area contributed by atoms with Crippen molar-refractivity contribution in [3.8, 4) is 39.9 Å². The second-order valence-corrected chi connectivity index (χ2v) is 17.4. The summed E-state index contributed by atoms with van der Waals surface area (Å²) in [5, 5.41) is 14.1. The van der Waals surface area contributed by atoms with Crippen LogP contribution in [-0.2, 0) is 0 Å². The lowest BCUT2D eigenvalue weighted by molar-refractivity contribution is 0.669. The molecule has 63 heavy (non-hydrogen) atoms. The Labute approximate surface area is 363 Å². The third-order valence-electron chi connectivity index (χ3n) is 12.8. The van der Waals surface area contributed by atoms with E-state index in [-0.39, 0.29) is 0 Å². The van der Waals surface area contributed by atoms with E-state index >= 15 is 0 Å². The molecule has 292 valence electrons. The Morgan fingerprint density at radius 2 is 1.05 bits per heavy atom. The van der Waals surface area contributed by atoms with Crippen LogP contribution in [0.3, 0.4) is 0 Å². The highest BCUT2D eigenvalue weighted by molar-refractivity contribution is 7.26. The van der Waals surface area contributed by atoms with Crippen molar-refractivity contribution in [2.24, 2.45) is 0 Å². The number of benzene rings is 10. The Balaban J connectivity index is 1.04. The molecular weight excluding hydrogens is 789 g/mol. The van der Waals surface area contributed by atoms with Gasteiger partial charge in [0.1, 0.15) is 11.2 Å². The van der Waals surface area contributed by atoms with Gasteiger partial charge in [-0.1, -0.05) is 140 Å². The zero-order valence-corrected chi connectivity index (χ0v) is 34.4. The van der Waals surface area contributed by atoms with Gasteiger partial charge in [0.2, 0.25) is 0 Å². The second kappa shape index (κ2) is 13.2. The smallest absolute Gasteiger partial charge is 0.165 e. The van der Waals surface area contributed by atoms with Gasteiger partial charge < -0.3 is 8.98 Å². The van der Waals surface area contributed by atoms with E-state index in [0.717, 1.165) is 66.1 Å². The highest BCUT2D eigenvalue weighted by Gasteiger charge is 2.22. The third kappa shape index (κ3) is 5.13. The molecule has 10 aromatic carbocycles. The Bertz CT molecular complexity index is 4220. The first-order valence-corrected chi connectivity index (χ1v) is 22.0. The van der Waals surface area contributed by atoms with E-state index in [1.807, 2.05) is 18.2 Å². The number of nitrogens with zero attached hydrogens (tertiary/aromatic N) is 4. The molecule has 0 aliphatic carbocycles. The minimum absolute atomic E-state index is 0.616. The van der Waals surface area contributed by atoms with Crippen LogP contribution in [0.1, 0.15) is 0 Å². The fourth-order valence-corrected chi connectivity index (χ4v) is 11.2. The van der Waals surface area contributed by atoms with Crippen molar-refractivity contribution in [3.05, 3.63) is 194 Å². The minimum Gasteiger partial charge on any atom is -0.456 e. The van der Waals surface area contributed by atoms with E-state index in [9.17, 15) is 0 Å². The van der Waals surface area contributed by atoms with Gasteiger partial charge >= 0.3 is 0 Å². The molecule has 0 spiro atoms. The fourth-order valence-electron chi connectivity index (χ4n) is 9.94. The highest BCUT2D eigenvalue weighted by atomic mass is 32.1. The van der Waals surface area contributed by atoms with Crippen molar-refractivity contribution in [3.63, 3.8) is 0 Å². The molecule has 4 heterocycles. The molecule has 0 N–H and O–H groups in total. The Morgan fingerprint density at radius 1 is 0.381 bits per heavy atom. The topological polar surface area (TPSA) is 56.7 Å². The summed E-state index contributed by atoms with van der Waals surface area (Å²) in [5.74, 6) is 1.90. The number of furan rings is 1. The summed E-state index contributed by atoms with van der Waals surface area (Å²) in [7, 11) is 0. The monoisotopic (exact) mass is 820 g/mol. The molecule has 6 heteroatoms. The number of rotatable bonds is 4. The Kier molecular flexibility index (Phi) is 7.21. The first kappa shape index (κ1) is 34.5. The summed E-state index contributed by atoms with van der Waals surface area (Å²) in [6.07, 6.45) is 0. The van der Waals surface area contributed by atoms with Gasteiger partial charge in [-0.2, -0.15) is 0 Å². The second-order valence-electron chi connectivity index (χ2n) is 16.3. The average Bonchev–Trinajstić information content (AvgIpc) is 4.03. The molecule has 0 aliphatic rings. The Morgan fingerprint density at radius 3 is 1.94 bits per heavy atom. The predicted molar refractivity (Wildman–Crippen MR) is 263 cm³/mol. The lowest BCUT2D eigenvalue weighted by atomic mass is 10.00. The van der Waals surface area contributed by atoms with Crippen LogP contribution in [0.25, 0.3) is 136 Å². The molecule has 0 fully saturated rings. The summed E-state index contributed by atoms with van der Waals surface area (Å²) in [6.45, 7) is 0. The van der Waals surface area contributed by atoms with Crippen LogP contribution in [0, 0.1) is 0 Å².